The van der Waals surface area contributed by atoms with Gasteiger partial charge in [0.15, 0.2) is 0 Å². The molecule has 1 aliphatic carbocycles. The van der Waals surface area contributed by atoms with E-state index in [1.165, 1.54) is 6.42 Å². The second-order valence-electron chi connectivity index (χ2n) is 6.02. The predicted molar refractivity (Wildman–Crippen MR) is 82.6 cm³/mol. The number of rotatable bonds is 5. The number of carbonyl (C=O) groups excluding carboxylic acids is 2. The molecule has 0 radical (unpaired) electrons. The molecule has 1 aliphatic rings. The van der Waals surface area contributed by atoms with E-state index in [4.69, 9.17) is 5.73 Å². The maximum absolute atomic E-state index is 11.7. The lowest BCUT2D eigenvalue weighted by Crippen LogP contribution is -2.48. The first-order chi connectivity index (χ1) is 8.90. The smallest absolute Gasteiger partial charge is 0.239 e. The third-order valence-electron chi connectivity index (χ3n) is 3.75. The Hall–Kier alpha value is -0.810. The highest BCUT2D eigenvalue weighted by Crippen LogP contribution is 2.23. The van der Waals surface area contributed by atoms with Crippen LogP contribution in [0, 0.1) is 11.8 Å². The first-order valence-corrected chi connectivity index (χ1v) is 7.22. The molecule has 1 rings (SSSR count). The minimum absolute atomic E-state index is 0. The van der Waals surface area contributed by atoms with Crippen LogP contribution in [0.1, 0.15) is 46.5 Å². The first kappa shape index (κ1) is 19.2. The molecule has 4 N–H and O–H groups in total. The van der Waals surface area contributed by atoms with Crippen molar-refractivity contribution in [1.29, 1.82) is 0 Å². The quantitative estimate of drug-likeness (QED) is 0.713. The molecule has 20 heavy (non-hydrogen) atoms. The third-order valence-corrected chi connectivity index (χ3v) is 3.75. The molecule has 2 amide bonds. The summed E-state index contributed by atoms with van der Waals surface area (Å²) in [5.41, 5.74) is 5.70. The van der Waals surface area contributed by atoms with E-state index in [2.05, 4.69) is 17.6 Å². The first-order valence-electron chi connectivity index (χ1n) is 7.22. The topological polar surface area (TPSA) is 84.2 Å². The molecule has 0 spiro atoms. The van der Waals surface area contributed by atoms with Crippen LogP contribution in [0.4, 0.5) is 0 Å². The summed E-state index contributed by atoms with van der Waals surface area (Å²) in [7, 11) is 0. The molecule has 1 saturated carbocycles. The van der Waals surface area contributed by atoms with Gasteiger partial charge in [-0.1, -0.05) is 33.6 Å². The number of hydrogen-bond acceptors (Lipinski definition) is 3. The van der Waals surface area contributed by atoms with E-state index < -0.39 is 6.04 Å². The minimum atomic E-state index is -0.553. The van der Waals surface area contributed by atoms with E-state index in [0.717, 1.165) is 19.3 Å². The van der Waals surface area contributed by atoms with Gasteiger partial charge in [0.25, 0.3) is 0 Å². The van der Waals surface area contributed by atoms with Crippen molar-refractivity contribution in [1.82, 2.24) is 10.6 Å². The molecule has 0 aromatic heterocycles. The molecule has 0 heterocycles. The number of halogens is 1. The van der Waals surface area contributed by atoms with Gasteiger partial charge in [0.1, 0.15) is 0 Å². The van der Waals surface area contributed by atoms with Crippen molar-refractivity contribution in [2.24, 2.45) is 17.6 Å². The highest BCUT2D eigenvalue weighted by Gasteiger charge is 2.21. The maximum atomic E-state index is 11.7. The van der Waals surface area contributed by atoms with E-state index in [1.54, 1.807) is 0 Å². The van der Waals surface area contributed by atoms with Gasteiger partial charge in [-0.25, -0.2) is 0 Å². The predicted octanol–water partition coefficient (Wildman–Crippen LogP) is 1.20. The summed E-state index contributed by atoms with van der Waals surface area (Å²) < 4.78 is 0. The fourth-order valence-electron chi connectivity index (χ4n) is 2.43. The average molecular weight is 306 g/mol. The van der Waals surface area contributed by atoms with Crippen LogP contribution in [-0.2, 0) is 9.59 Å². The third kappa shape index (κ3) is 6.57. The van der Waals surface area contributed by atoms with Gasteiger partial charge in [0, 0.05) is 6.04 Å². The highest BCUT2D eigenvalue weighted by atomic mass is 35.5. The lowest BCUT2D eigenvalue weighted by Gasteiger charge is -2.27. The summed E-state index contributed by atoms with van der Waals surface area (Å²) in [5, 5.41) is 5.57. The Morgan fingerprint density at radius 1 is 1.30 bits per heavy atom. The van der Waals surface area contributed by atoms with Crippen molar-refractivity contribution < 1.29 is 9.59 Å². The van der Waals surface area contributed by atoms with Crippen molar-refractivity contribution >= 4 is 24.2 Å². The van der Waals surface area contributed by atoms with Gasteiger partial charge in [-0.3, -0.25) is 9.59 Å². The van der Waals surface area contributed by atoms with Crippen LogP contribution in [0.25, 0.3) is 0 Å². The van der Waals surface area contributed by atoms with E-state index in [1.807, 2.05) is 13.8 Å². The van der Waals surface area contributed by atoms with Crippen molar-refractivity contribution in [2.75, 3.05) is 6.54 Å². The Kier molecular flexibility index (Phi) is 8.81. The molecule has 0 aliphatic heterocycles. The molecular weight excluding hydrogens is 278 g/mol. The Labute approximate surface area is 127 Å². The lowest BCUT2D eigenvalue weighted by atomic mass is 9.87. The molecule has 0 saturated heterocycles. The molecular formula is C14H28ClN3O2. The Bertz CT molecular complexity index is 324. The van der Waals surface area contributed by atoms with Crippen LogP contribution >= 0.6 is 12.4 Å². The minimum Gasteiger partial charge on any atom is -0.352 e. The number of nitrogens with one attached hydrogen (secondary N) is 2. The van der Waals surface area contributed by atoms with Crippen molar-refractivity contribution in [3.63, 3.8) is 0 Å². The van der Waals surface area contributed by atoms with Crippen LogP contribution in [-0.4, -0.2) is 30.4 Å². The molecule has 118 valence electrons. The van der Waals surface area contributed by atoms with Gasteiger partial charge in [0.2, 0.25) is 11.8 Å². The zero-order chi connectivity index (χ0) is 14.4. The lowest BCUT2D eigenvalue weighted by molar-refractivity contribution is -0.127. The van der Waals surface area contributed by atoms with Gasteiger partial charge in [-0.15, -0.1) is 12.4 Å². The molecule has 2 unspecified atom stereocenters. The van der Waals surface area contributed by atoms with Gasteiger partial charge in [-0.2, -0.15) is 0 Å². The highest BCUT2D eigenvalue weighted by molar-refractivity contribution is 5.87. The van der Waals surface area contributed by atoms with Crippen LogP contribution in [0.3, 0.4) is 0 Å². The summed E-state index contributed by atoms with van der Waals surface area (Å²) in [6.45, 7) is 5.99. The monoisotopic (exact) mass is 305 g/mol. The van der Waals surface area contributed by atoms with E-state index in [9.17, 15) is 9.59 Å². The average Bonchev–Trinajstić information content (AvgIpc) is 2.34. The van der Waals surface area contributed by atoms with Crippen LogP contribution in [0.15, 0.2) is 0 Å². The van der Waals surface area contributed by atoms with E-state index >= 15 is 0 Å². The van der Waals surface area contributed by atoms with E-state index in [-0.39, 0.29) is 42.7 Å². The second-order valence-corrected chi connectivity index (χ2v) is 6.02. The summed E-state index contributed by atoms with van der Waals surface area (Å²) in [5.74, 6) is 0.357. The fourth-order valence-corrected chi connectivity index (χ4v) is 2.43. The Morgan fingerprint density at radius 2 is 1.95 bits per heavy atom. The van der Waals surface area contributed by atoms with Crippen LogP contribution in [0.5, 0.6) is 0 Å². The molecule has 0 aromatic carbocycles. The number of carbonyl (C=O) groups is 2. The van der Waals surface area contributed by atoms with E-state index in [0.29, 0.717) is 5.92 Å². The zero-order valence-electron chi connectivity index (χ0n) is 12.6. The SMILES string of the molecule is CC1CCCC(NC(=O)CNC(=O)[C@@H](N)C(C)C)C1.Cl. The van der Waals surface area contributed by atoms with Gasteiger partial charge in [-0.05, 0) is 24.7 Å². The van der Waals surface area contributed by atoms with Crippen molar-refractivity contribution in [2.45, 2.75) is 58.5 Å². The van der Waals surface area contributed by atoms with Crippen LogP contribution < -0.4 is 16.4 Å². The van der Waals surface area contributed by atoms with Crippen LogP contribution in [0.2, 0.25) is 0 Å². The second kappa shape index (κ2) is 9.19. The van der Waals surface area contributed by atoms with Crippen molar-refractivity contribution in [3.05, 3.63) is 0 Å². The Morgan fingerprint density at radius 3 is 2.50 bits per heavy atom. The number of amides is 2. The maximum Gasteiger partial charge on any atom is 0.239 e. The molecule has 0 aromatic rings. The standard InChI is InChI=1S/C14H27N3O2.ClH/c1-9(2)13(15)14(19)16-8-12(18)17-11-6-4-5-10(3)7-11;/h9-11,13H,4-8,15H2,1-3H3,(H,16,19)(H,17,18);1H/t10?,11?,13-;/m0./s1. The number of nitrogens with two attached hydrogens (primary N) is 1. The fraction of sp³-hybridized carbons (Fsp3) is 0.857. The molecule has 5 nitrogen and oxygen atoms in total. The Balaban J connectivity index is 0.00000361. The summed E-state index contributed by atoms with van der Waals surface area (Å²) in [4.78, 5) is 23.4. The van der Waals surface area contributed by atoms with Gasteiger partial charge in [0.05, 0.1) is 12.6 Å². The molecule has 1 fully saturated rings. The molecule has 6 heteroatoms. The zero-order valence-corrected chi connectivity index (χ0v) is 13.5. The summed E-state index contributed by atoms with van der Waals surface area (Å²) in [6.07, 6.45) is 4.48. The summed E-state index contributed by atoms with van der Waals surface area (Å²) in [6, 6.07) is -0.297. The summed E-state index contributed by atoms with van der Waals surface area (Å²) >= 11 is 0. The molecule has 0 bridgehead atoms. The largest absolute Gasteiger partial charge is 0.352 e. The van der Waals surface area contributed by atoms with Gasteiger partial charge < -0.3 is 16.4 Å². The van der Waals surface area contributed by atoms with Gasteiger partial charge >= 0.3 is 0 Å². The normalized spacial score (nSPS) is 23.6. The van der Waals surface area contributed by atoms with Crippen molar-refractivity contribution in [3.8, 4) is 0 Å². The molecule has 3 atom stereocenters. The number of hydrogen-bond donors (Lipinski definition) is 3.